The number of hydrogen-bond donors (Lipinski definition) is 0. The van der Waals surface area contributed by atoms with Gasteiger partial charge in [-0.05, 0) is 34.9 Å². The van der Waals surface area contributed by atoms with Crippen LogP contribution in [0.1, 0.15) is 16.7 Å². The van der Waals surface area contributed by atoms with Crippen LogP contribution in [0.5, 0.6) is 0 Å². The zero-order chi connectivity index (χ0) is 16.2. The molecule has 0 spiro atoms. The van der Waals surface area contributed by atoms with E-state index in [0.29, 0.717) is 0 Å². The maximum atomic E-state index is 4.36. The first kappa shape index (κ1) is 14.4. The molecule has 6 heteroatoms. The van der Waals surface area contributed by atoms with Gasteiger partial charge in [0.25, 0.3) is 0 Å². The number of nitrogens with zero attached hydrogens (tertiary/aromatic N) is 6. The molecular formula is C18H18N6. The summed E-state index contributed by atoms with van der Waals surface area (Å²) in [6.45, 7) is 2.23. The van der Waals surface area contributed by atoms with Crippen LogP contribution in [0, 0.1) is 0 Å². The maximum absolute atomic E-state index is 4.36. The van der Waals surface area contributed by atoms with Gasteiger partial charge in [-0.15, -0.1) is 0 Å². The van der Waals surface area contributed by atoms with E-state index >= 15 is 0 Å². The second-order valence-corrected chi connectivity index (χ2v) is 5.67. The molecule has 0 aliphatic rings. The molecule has 6 nitrogen and oxygen atoms in total. The monoisotopic (exact) mass is 318 g/mol. The molecule has 0 amide bonds. The Hall–Kier alpha value is -3.15. The Bertz CT molecular complexity index is 821. The van der Waals surface area contributed by atoms with Gasteiger partial charge in [-0.1, -0.05) is 18.2 Å². The minimum absolute atomic E-state index is 0.737. The maximum Gasteiger partial charge on any atom is 0.0666 e. The Morgan fingerprint density at radius 3 is 1.46 bits per heavy atom. The van der Waals surface area contributed by atoms with Gasteiger partial charge in [0.2, 0.25) is 0 Å². The number of benzene rings is 1. The van der Waals surface area contributed by atoms with Crippen LogP contribution in [0.25, 0.3) is 0 Å². The second-order valence-electron chi connectivity index (χ2n) is 5.67. The van der Waals surface area contributed by atoms with Gasteiger partial charge in [-0.3, -0.25) is 14.0 Å². The zero-order valence-electron chi connectivity index (χ0n) is 13.2. The van der Waals surface area contributed by atoms with Gasteiger partial charge < -0.3 is 0 Å². The first-order chi connectivity index (χ1) is 11.9. The summed E-state index contributed by atoms with van der Waals surface area (Å²) in [5, 5.41) is 13.0. The van der Waals surface area contributed by atoms with Crippen LogP contribution < -0.4 is 0 Å². The SMILES string of the molecule is c1cc(Cn2cccn2)c(Cn2cccn2)c(Cn2cccn2)c1. The molecule has 3 heterocycles. The topological polar surface area (TPSA) is 53.5 Å². The van der Waals surface area contributed by atoms with Crippen molar-refractivity contribution in [2.45, 2.75) is 19.6 Å². The molecule has 0 unspecified atom stereocenters. The Balaban J connectivity index is 1.71. The zero-order valence-corrected chi connectivity index (χ0v) is 13.2. The lowest BCUT2D eigenvalue weighted by atomic mass is 10.0. The first-order valence-electron chi connectivity index (χ1n) is 7.90. The average molecular weight is 318 g/mol. The molecule has 4 rings (SSSR count). The third-order valence-corrected chi connectivity index (χ3v) is 4.03. The van der Waals surface area contributed by atoms with Gasteiger partial charge >= 0.3 is 0 Å². The van der Waals surface area contributed by atoms with E-state index in [2.05, 4.69) is 33.5 Å². The van der Waals surface area contributed by atoms with E-state index in [1.165, 1.54) is 16.7 Å². The molecule has 0 aliphatic carbocycles. The van der Waals surface area contributed by atoms with E-state index in [-0.39, 0.29) is 0 Å². The molecule has 0 atom stereocenters. The normalized spacial score (nSPS) is 11.0. The van der Waals surface area contributed by atoms with Crippen molar-refractivity contribution in [3.63, 3.8) is 0 Å². The van der Waals surface area contributed by atoms with Crippen molar-refractivity contribution in [3.8, 4) is 0 Å². The van der Waals surface area contributed by atoms with Crippen LogP contribution in [0.2, 0.25) is 0 Å². The number of aromatic nitrogens is 6. The smallest absolute Gasteiger partial charge is 0.0666 e. The van der Waals surface area contributed by atoms with Gasteiger partial charge in [-0.2, -0.15) is 15.3 Å². The Morgan fingerprint density at radius 1 is 0.583 bits per heavy atom. The molecule has 3 aromatic heterocycles. The minimum atomic E-state index is 0.737. The van der Waals surface area contributed by atoms with Crippen molar-refractivity contribution in [1.82, 2.24) is 29.3 Å². The highest BCUT2D eigenvalue weighted by Crippen LogP contribution is 2.19. The lowest BCUT2D eigenvalue weighted by Crippen LogP contribution is -2.12. The van der Waals surface area contributed by atoms with Crippen molar-refractivity contribution >= 4 is 0 Å². The van der Waals surface area contributed by atoms with Crippen molar-refractivity contribution < 1.29 is 0 Å². The number of rotatable bonds is 6. The van der Waals surface area contributed by atoms with E-state index in [0.717, 1.165) is 19.6 Å². The van der Waals surface area contributed by atoms with Crippen LogP contribution in [0.15, 0.2) is 73.6 Å². The summed E-state index contributed by atoms with van der Waals surface area (Å²) in [5.41, 5.74) is 3.77. The van der Waals surface area contributed by atoms with E-state index in [1.807, 2.05) is 57.0 Å². The summed E-state index contributed by atoms with van der Waals surface area (Å²) in [7, 11) is 0. The van der Waals surface area contributed by atoms with Crippen LogP contribution in [-0.4, -0.2) is 29.3 Å². The van der Waals surface area contributed by atoms with Gasteiger partial charge in [0.05, 0.1) is 19.6 Å². The predicted octanol–water partition coefficient (Wildman–Crippen LogP) is 2.42. The largest absolute Gasteiger partial charge is 0.268 e. The summed E-state index contributed by atoms with van der Waals surface area (Å²) in [6.07, 6.45) is 11.4. The fraction of sp³-hybridized carbons (Fsp3) is 0.167. The van der Waals surface area contributed by atoms with Crippen LogP contribution in [0.4, 0.5) is 0 Å². The summed E-state index contributed by atoms with van der Waals surface area (Å²) < 4.78 is 5.84. The number of hydrogen-bond acceptors (Lipinski definition) is 3. The molecule has 0 aliphatic heterocycles. The molecule has 120 valence electrons. The van der Waals surface area contributed by atoms with E-state index in [9.17, 15) is 0 Å². The average Bonchev–Trinajstić information content (AvgIpc) is 3.34. The fourth-order valence-corrected chi connectivity index (χ4v) is 2.88. The standard InChI is InChI=1S/C18H18N6/c1-5-16(13-22-10-2-7-19-22)18(15-24-12-4-9-21-24)17(6-1)14-23-11-3-8-20-23/h1-12H,13-15H2. The molecule has 0 fully saturated rings. The quantitative estimate of drug-likeness (QED) is 0.548. The molecule has 24 heavy (non-hydrogen) atoms. The minimum Gasteiger partial charge on any atom is -0.268 e. The van der Waals surface area contributed by atoms with Crippen molar-refractivity contribution in [1.29, 1.82) is 0 Å². The van der Waals surface area contributed by atoms with Gasteiger partial charge in [0, 0.05) is 37.2 Å². The summed E-state index contributed by atoms with van der Waals surface area (Å²) >= 11 is 0. The highest BCUT2D eigenvalue weighted by Gasteiger charge is 2.11. The molecule has 0 bridgehead atoms. The van der Waals surface area contributed by atoms with Gasteiger partial charge in [0.1, 0.15) is 0 Å². The summed E-state index contributed by atoms with van der Waals surface area (Å²) in [6, 6.07) is 12.3. The fourth-order valence-electron chi connectivity index (χ4n) is 2.88. The van der Waals surface area contributed by atoms with Gasteiger partial charge in [-0.25, -0.2) is 0 Å². The third kappa shape index (κ3) is 3.12. The Kier molecular flexibility index (Phi) is 3.93. The molecular weight excluding hydrogens is 300 g/mol. The summed E-state index contributed by atoms with van der Waals surface area (Å²) in [5.74, 6) is 0. The van der Waals surface area contributed by atoms with Crippen LogP contribution in [-0.2, 0) is 19.6 Å². The van der Waals surface area contributed by atoms with E-state index in [1.54, 1.807) is 12.4 Å². The van der Waals surface area contributed by atoms with Crippen molar-refractivity contribution in [2.24, 2.45) is 0 Å². The molecule has 0 saturated heterocycles. The second kappa shape index (κ2) is 6.54. The lowest BCUT2D eigenvalue weighted by molar-refractivity contribution is 0.631. The molecule has 0 saturated carbocycles. The molecule has 1 aromatic carbocycles. The van der Waals surface area contributed by atoms with Crippen molar-refractivity contribution in [3.05, 3.63) is 90.3 Å². The van der Waals surface area contributed by atoms with Gasteiger partial charge in [0.15, 0.2) is 0 Å². The van der Waals surface area contributed by atoms with Crippen LogP contribution >= 0.6 is 0 Å². The summed E-state index contributed by atoms with van der Waals surface area (Å²) in [4.78, 5) is 0. The van der Waals surface area contributed by atoms with Crippen LogP contribution in [0.3, 0.4) is 0 Å². The Morgan fingerprint density at radius 2 is 1.04 bits per heavy atom. The molecule has 0 radical (unpaired) electrons. The lowest BCUT2D eigenvalue weighted by Gasteiger charge is -2.15. The predicted molar refractivity (Wildman–Crippen MR) is 90.4 cm³/mol. The first-order valence-corrected chi connectivity index (χ1v) is 7.90. The molecule has 4 aromatic rings. The Labute approximate surface area is 140 Å². The highest BCUT2D eigenvalue weighted by molar-refractivity contribution is 5.36. The van der Waals surface area contributed by atoms with E-state index in [4.69, 9.17) is 0 Å². The van der Waals surface area contributed by atoms with E-state index < -0.39 is 0 Å². The van der Waals surface area contributed by atoms with Crippen molar-refractivity contribution in [2.75, 3.05) is 0 Å². The highest BCUT2D eigenvalue weighted by atomic mass is 15.3. The third-order valence-electron chi connectivity index (χ3n) is 4.03. The molecule has 0 N–H and O–H groups in total.